The lowest BCUT2D eigenvalue weighted by molar-refractivity contribution is -0.157. The van der Waals surface area contributed by atoms with Crippen molar-refractivity contribution in [1.82, 2.24) is 0 Å². The summed E-state index contributed by atoms with van der Waals surface area (Å²) in [4.78, 5) is 15.4. The van der Waals surface area contributed by atoms with E-state index < -0.39 is 17.5 Å². The summed E-state index contributed by atoms with van der Waals surface area (Å²) in [6.45, 7) is 3.26. The summed E-state index contributed by atoms with van der Waals surface area (Å²) in [6.07, 6.45) is -0.949. The first-order valence-electron chi connectivity index (χ1n) is 5.37. The van der Waals surface area contributed by atoms with Crippen LogP contribution in [0.25, 0.3) is 0 Å². The highest BCUT2D eigenvalue weighted by Crippen LogP contribution is 2.34. The number of rotatable bonds is 4. The molecule has 1 unspecified atom stereocenters. The number of hydrogen-bond donors (Lipinski definition) is 1. The molecule has 1 N–H and O–H groups in total. The molecule has 0 aromatic heterocycles. The molecule has 0 spiro atoms. The summed E-state index contributed by atoms with van der Waals surface area (Å²) in [7, 11) is 1.30. The van der Waals surface area contributed by atoms with Gasteiger partial charge in [-0.1, -0.05) is 12.1 Å². The van der Waals surface area contributed by atoms with E-state index in [4.69, 9.17) is 0 Å². The normalized spacial score (nSPS) is 12.4. The molecule has 0 aliphatic carbocycles. The summed E-state index contributed by atoms with van der Waals surface area (Å²) in [5.41, 5.74) is 0.259. The third-order valence-corrected chi connectivity index (χ3v) is 2.87. The molecule has 0 saturated heterocycles. The molecule has 1 aromatic rings. The molecule has 0 fully saturated rings. The minimum atomic E-state index is -1.01. The van der Waals surface area contributed by atoms with Crippen molar-refractivity contribution < 1.29 is 14.6 Å². The SMILES string of the molecule is COC(=O)C(C)(C)C(O)c1ccc(N=C=S)cc1. The molecule has 1 aromatic carbocycles. The van der Waals surface area contributed by atoms with Gasteiger partial charge in [-0.2, -0.15) is 4.99 Å². The number of benzene rings is 1. The summed E-state index contributed by atoms with van der Waals surface area (Å²) in [5, 5.41) is 12.5. The Morgan fingerprint density at radius 1 is 1.44 bits per heavy atom. The number of aliphatic hydroxyl groups excluding tert-OH is 1. The van der Waals surface area contributed by atoms with Gasteiger partial charge >= 0.3 is 5.97 Å². The highest BCUT2D eigenvalue weighted by atomic mass is 32.1. The van der Waals surface area contributed by atoms with Crippen LogP contribution in [-0.2, 0) is 9.53 Å². The number of thiocarbonyl (C=S) groups is 1. The Balaban J connectivity index is 3.00. The number of carbonyl (C=O) groups is 1. The standard InChI is InChI=1S/C13H15NO3S/c1-13(2,12(16)17-3)11(15)9-4-6-10(7-5-9)14-8-18/h4-7,11,15H,1-3H3. The summed E-state index contributed by atoms with van der Waals surface area (Å²) < 4.78 is 4.68. The van der Waals surface area contributed by atoms with E-state index in [1.54, 1.807) is 38.1 Å². The minimum Gasteiger partial charge on any atom is -0.469 e. The van der Waals surface area contributed by atoms with Crippen molar-refractivity contribution in [3.05, 3.63) is 29.8 Å². The highest BCUT2D eigenvalue weighted by Gasteiger charge is 2.37. The summed E-state index contributed by atoms with van der Waals surface area (Å²) >= 11 is 4.50. The average molecular weight is 265 g/mol. The third-order valence-electron chi connectivity index (χ3n) is 2.78. The second kappa shape index (κ2) is 5.87. The van der Waals surface area contributed by atoms with Crippen molar-refractivity contribution in [2.75, 3.05) is 7.11 Å². The maximum atomic E-state index is 11.6. The van der Waals surface area contributed by atoms with Gasteiger partial charge in [0.15, 0.2) is 0 Å². The number of esters is 1. The zero-order chi connectivity index (χ0) is 13.8. The number of methoxy groups -OCH3 is 1. The maximum absolute atomic E-state index is 11.6. The topological polar surface area (TPSA) is 58.9 Å². The van der Waals surface area contributed by atoms with Gasteiger partial charge in [-0.25, -0.2) is 0 Å². The maximum Gasteiger partial charge on any atom is 0.314 e. The van der Waals surface area contributed by atoms with Crippen LogP contribution in [-0.4, -0.2) is 23.3 Å². The van der Waals surface area contributed by atoms with Crippen LogP contribution in [0.2, 0.25) is 0 Å². The molecule has 0 bridgehead atoms. The van der Waals surface area contributed by atoms with Gasteiger partial charge in [0.25, 0.3) is 0 Å². The second-order valence-electron chi connectivity index (χ2n) is 4.41. The van der Waals surface area contributed by atoms with E-state index in [0.29, 0.717) is 11.3 Å². The molecule has 0 aliphatic heterocycles. The Hall–Kier alpha value is -1.55. The number of carbonyl (C=O) groups excluding carboxylic acids is 1. The first kappa shape index (κ1) is 14.5. The van der Waals surface area contributed by atoms with Gasteiger partial charge in [0, 0.05) is 0 Å². The molecule has 96 valence electrons. The lowest BCUT2D eigenvalue weighted by Crippen LogP contribution is -2.32. The molecule has 0 saturated carbocycles. The molecule has 18 heavy (non-hydrogen) atoms. The third kappa shape index (κ3) is 3.01. The molecule has 0 heterocycles. The van der Waals surface area contributed by atoms with E-state index in [0.717, 1.165) is 0 Å². The van der Waals surface area contributed by atoms with Gasteiger partial charge in [0.05, 0.1) is 29.5 Å². The molecule has 1 rings (SSSR count). The Morgan fingerprint density at radius 2 is 2.00 bits per heavy atom. The van der Waals surface area contributed by atoms with Gasteiger partial charge in [-0.05, 0) is 43.8 Å². The van der Waals surface area contributed by atoms with Crippen LogP contribution in [0.5, 0.6) is 0 Å². The quantitative estimate of drug-likeness (QED) is 0.516. The Morgan fingerprint density at radius 3 is 2.44 bits per heavy atom. The van der Waals surface area contributed by atoms with Gasteiger partial charge in [-0.15, -0.1) is 0 Å². The average Bonchev–Trinajstić information content (AvgIpc) is 2.38. The first-order valence-corrected chi connectivity index (χ1v) is 5.78. The van der Waals surface area contributed by atoms with E-state index in [-0.39, 0.29) is 0 Å². The smallest absolute Gasteiger partial charge is 0.314 e. The molecule has 0 radical (unpaired) electrons. The van der Waals surface area contributed by atoms with Gasteiger partial charge in [0.2, 0.25) is 0 Å². The highest BCUT2D eigenvalue weighted by molar-refractivity contribution is 7.78. The number of aliphatic hydroxyl groups is 1. The van der Waals surface area contributed by atoms with Crippen molar-refractivity contribution in [2.24, 2.45) is 10.4 Å². The minimum absolute atomic E-state index is 0.462. The fraction of sp³-hybridized carbons (Fsp3) is 0.385. The molecule has 5 heteroatoms. The number of aliphatic imine (C=N–C) groups is 1. The van der Waals surface area contributed by atoms with Gasteiger partial charge in [0.1, 0.15) is 0 Å². The van der Waals surface area contributed by atoms with E-state index in [1.165, 1.54) is 7.11 Å². The zero-order valence-electron chi connectivity index (χ0n) is 10.5. The van der Waals surface area contributed by atoms with Crippen LogP contribution in [0.15, 0.2) is 29.3 Å². The molecule has 0 aliphatic rings. The zero-order valence-corrected chi connectivity index (χ0v) is 11.3. The first-order chi connectivity index (χ1) is 8.43. The Kier molecular flexibility index (Phi) is 4.73. The van der Waals surface area contributed by atoms with Crippen molar-refractivity contribution in [1.29, 1.82) is 0 Å². The van der Waals surface area contributed by atoms with Crippen molar-refractivity contribution in [3.8, 4) is 0 Å². The molecule has 0 amide bonds. The molecule has 4 nitrogen and oxygen atoms in total. The lowest BCUT2D eigenvalue weighted by Gasteiger charge is -2.27. The largest absolute Gasteiger partial charge is 0.469 e. The van der Waals surface area contributed by atoms with Crippen LogP contribution in [0.4, 0.5) is 5.69 Å². The number of ether oxygens (including phenoxy) is 1. The number of nitrogens with zero attached hydrogens (tertiary/aromatic N) is 1. The second-order valence-corrected chi connectivity index (χ2v) is 4.59. The number of hydrogen-bond acceptors (Lipinski definition) is 5. The van der Waals surface area contributed by atoms with Crippen LogP contribution in [0.1, 0.15) is 25.5 Å². The van der Waals surface area contributed by atoms with E-state index in [9.17, 15) is 9.90 Å². The van der Waals surface area contributed by atoms with Gasteiger partial charge < -0.3 is 9.84 Å². The Bertz CT molecular complexity index is 476. The molecular weight excluding hydrogens is 250 g/mol. The molecule has 1 atom stereocenters. The number of isothiocyanates is 1. The van der Waals surface area contributed by atoms with E-state index in [1.807, 2.05) is 0 Å². The summed E-state index contributed by atoms with van der Waals surface area (Å²) in [6, 6.07) is 6.79. The fourth-order valence-electron chi connectivity index (χ4n) is 1.58. The predicted molar refractivity (Wildman–Crippen MR) is 71.9 cm³/mol. The summed E-state index contributed by atoms with van der Waals surface area (Å²) in [5.74, 6) is -0.462. The van der Waals surface area contributed by atoms with Crippen LogP contribution >= 0.6 is 12.2 Å². The van der Waals surface area contributed by atoms with E-state index in [2.05, 4.69) is 27.1 Å². The molecular formula is C13H15NO3S. The predicted octanol–water partition coefficient (Wildman–Crippen LogP) is 2.65. The van der Waals surface area contributed by atoms with Crippen LogP contribution < -0.4 is 0 Å². The lowest BCUT2D eigenvalue weighted by atomic mass is 9.82. The van der Waals surface area contributed by atoms with Crippen molar-refractivity contribution in [3.63, 3.8) is 0 Å². The van der Waals surface area contributed by atoms with Crippen LogP contribution in [0, 0.1) is 5.41 Å². The van der Waals surface area contributed by atoms with Crippen molar-refractivity contribution in [2.45, 2.75) is 20.0 Å². The monoisotopic (exact) mass is 265 g/mol. The Labute approximate surface area is 111 Å². The van der Waals surface area contributed by atoms with E-state index >= 15 is 0 Å². The van der Waals surface area contributed by atoms with Crippen LogP contribution in [0.3, 0.4) is 0 Å². The van der Waals surface area contributed by atoms with Gasteiger partial charge in [-0.3, -0.25) is 4.79 Å². The fourth-order valence-corrected chi connectivity index (χ4v) is 1.68. The van der Waals surface area contributed by atoms with Crippen molar-refractivity contribution >= 4 is 29.0 Å².